The van der Waals surface area contributed by atoms with Gasteiger partial charge < -0.3 is 0 Å². The fraction of sp³-hybridized carbons (Fsp3) is 0.0172. The van der Waals surface area contributed by atoms with Crippen molar-refractivity contribution in [1.29, 1.82) is 0 Å². The molecule has 0 N–H and O–H groups in total. The summed E-state index contributed by atoms with van der Waals surface area (Å²) in [6.45, 7) is 0. The normalized spacial score (nSPS) is 12.6. The lowest BCUT2D eigenvalue weighted by Crippen LogP contribution is -2.28. The Morgan fingerprint density at radius 1 is 0.323 bits per heavy atom. The van der Waals surface area contributed by atoms with E-state index >= 15 is 0 Å². The zero-order valence-electron chi connectivity index (χ0n) is 33.6. The van der Waals surface area contributed by atoms with Crippen molar-refractivity contribution >= 4 is 31.5 Å². The average Bonchev–Trinajstić information content (AvgIpc) is 3.89. The zero-order valence-corrected chi connectivity index (χ0v) is 34.4. The molecule has 1 aliphatic carbocycles. The quantitative estimate of drug-likeness (QED) is 0.161. The molecule has 0 spiro atoms. The maximum absolute atomic E-state index is 5.45. The molecule has 0 fully saturated rings. The van der Waals surface area contributed by atoms with Gasteiger partial charge in [-0.05, 0) is 73.8 Å². The van der Waals surface area contributed by atoms with Gasteiger partial charge in [-0.1, -0.05) is 206 Å². The molecule has 62 heavy (non-hydrogen) atoms. The van der Waals surface area contributed by atoms with Gasteiger partial charge in [-0.3, -0.25) is 0 Å². The second kappa shape index (κ2) is 14.7. The van der Waals surface area contributed by atoms with Gasteiger partial charge in [0.1, 0.15) is 0 Å². The van der Waals surface area contributed by atoms with E-state index in [1.807, 2.05) is 0 Å². The molecule has 290 valence electrons. The zero-order chi connectivity index (χ0) is 41.0. The third-order valence-corrected chi connectivity index (χ3v) is 13.7. The summed E-state index contributed by atoms with van der Waals surface area (Å²) in [5.74, 6) is 1.93. The summed E-state index contributed by atoms with van der Waals surface area (Å²) in [5, 5.41) is 2.45. The molecule has 0 aliphatic heterocycles. The van der Waals surface area contributed by atoms with Crippen LogP contribution in [0, 0.1) is 0 Å². The number of hydrogen-bond acceptors (Lipinski definition) is 4. The van der Waals surface area contributed by atoms with Crippen molar-refractivity contribution < 1.29 is 0 Å². The summed E-state index contributed by atoms with van der Waals surface area (Å²) in [6, 6.07) is 80.4. The highest BCUT2D eigenvalue weighted by Crippen LogP contribution is 2.58. The smallest absolute Gasteiger partial charge is 0.165 e. The van der Waals surface area contributed by atoms with Crippen LogP contribution in [-0.4, -0.2) is 15.0 Å². The number of aromatic nitrogens is 3. The number of benzene rings is 9. The SMILES string of the molecule is c1ccc(-c2cccc(-c3ccc(-c4nc(-c5cccc6c5-c5ccccc5C6(c5ccccc5)c5ccccc5)nc(-c5cccc6c5sc5ccccc56)n4)cc3)c2)cc1. The van der Waals surface area contributed by atoms with Crippen molar-refractivity contribution in [3.05, 3.63) is 247 Å². The highest BCUT2D eigenvalue weighted by Gasteiger charge is 2.47. The lowest BCUT2D eigenvalue weighted by Gasteiger charge is -2.33. The van der Waals surface area contributed by atoms with Crippen LogP contribution in [0.15, 0.2) is 224 Å². The number of fused-ring (bicyclic) bond motifs is 6. The first-order valence-electron chi connectivity index (χ1n) is 21.0. The Labute approximate surface area is 364 Å². The van der Waals surface area contributed by atoms with Crippen molar-refractivity contribution in [3.63, 3.8) is 0 Å². The van der Waals surface area contributed by atoms with E-state index in [1.165, 1.54) is 59.1 Å². The number of rotatable bonds is 7. The number of thiophene rings is 1. The molecule has 0 atom stereocenters. The molecule has 0 bridgehead atoms. The molecule has 0 unspecified atom stereocenters. The summed E-state index contributed by atoms with van der Waals surface area (Å²) >= 11 is 1.79. The van der Waals surface area contributed by atoms with Gasteiger partial charge in [0.25, 0.3) is 0 Å². The van der Waals surface area contributed by atoms with Crippen LogP contribution in [0.4, 0.5) is 0 Å². The summed E-state index contributed by atoms with van der Waals surface area (Å²) in [4.78, 5) is 16.2. The van der Waals surface area contributed by atoms with Crippen molar-refractivity contribution in [2.45, 2.75) is 5.41 Å². The van der Waals surface area contributed by atoms with Gasteiger partial charge in [-0.25, -0.2) is 15.0 Å². The molecule has 0 saturated heterocycles. The molecular formula is C58H37N3S. The molecular weight excluding hydrogens is 771 g/mol. The van der Waals surface area contributed by atoms with Gasteiger partial charge in [0.05, 0.1) is 5.41 Å². The maximum atomic E-state index is 5.45. The monoisotopic (exact) mass is 807 g/mol. The maximum Gasteiger partial charge on any atom is 0.165 e. The van der Waals surface area contributed by atoms with E-state index in [-0.39, 0.29) is 0 Å². The Morgan fingerprint density at radius 3 is 1.55 bits per heavy atom. The molecule has 0 saturated carbocycles. The topological polar surface area (TPSA) is 38.7 Å². The third kappa shape index (κ3) is 5.76. The second-order valence-electron chi connectivity index (χ2n) is 15.9. The Morgan fingerprint density at radius 2 is 0.806 bits per heavy atom. The Hall–Kier alpha value is -7.79. The summed E-state index contributed by atoms with van der Waals surface area (Å²) in [5.41, 5.74) is 14.3. The van der Waals surface area contributed by atoms with Crippen LogP contribution in [0.1, 0.15) is 22.3 Å². The minimum absolute atomic E-state index is 0.542. The van der Waals surface area contributed by atoms with Crippen LogP contribution in [0.2, 0.25) is 0 Å². The van der Waals surface area contributed by atoms with Gasteiger partial charge in [0.2, 0.25) is 0 Å². The van der Waals surface area contributed by atoms with Crippen LogP contribution in [0.5, 0.6) is 0 Å². The van der Waals surface area contributed by atoms with Gasteiger partial charge in [0, 0.05) is 36.9 Å². The van der Waals surface area contributed by atoms with Crippen LogP contribution >= 0.6 is 11.3 Å². The fourth-order valence-electron chi connectivity index (χ4n) is 9.67. The molecule has 0 radical (unpaired) electrons. The van der Waals surface area contributed by atoms with E-state index in [9.17, 15) is 0 Å². The van der Waals surface area contributed by atoms with E-state index in [2.05, 4.69) is 224 Å². The lowest BCUT2D eigenvalue weighted by atomic mass is 9.67. The van der Waals surface area contributed by atoms with Gasteiger partial charge in [0.15, 0.2) is 17.5 Å². The molecule has 4 heteroatoms. The molecule has 9 aromatic carbocycles. The molecule has 1 aliphatic rings. The average molecular weight is 808 g/mol. The van der Waals surface area contributed by atoms with Crippen LogP contribution in [0.3, 0.4) is 0 Å². The summed E-state index contributed by atoms with van der Waals surface area (Å²) in [6.07, 6.45) is 0. The molecule has 11 aromatic rings. The first kappa shape index (κ1) is 36.1. The highest BCUT2D eigenvalue weighted by molar-refractivity contribution is 7.26. The van der Waals surface area contributed by atoms with Crippen LogP contribution in [-0.2, 0) is 5.41 Å². The Kier molecular flexibility index (Phi) is 8.58. The van der Waals surface area contributed by atoms with Crippen LogP contribution < -0.4 is 0 Å². The van der Waals surface area contributed by atoms with E-state index in [4.69, 9.17) is 15.0 Å². The summed E-state index contributed by atoms with van der Waals surface area (Å²) in [7, 11) is 0. The minimum Gasteiger partial charge on any atom is -0.208 e. The van der Waals surface area contributed by atoms with Gasteiger partial charge in [-0.15, -0.1) is 11.3 Å². The van der Waals surface area contributed by atoms with Crippen molar-refractivity contribution in [2.75, 3.05) is 0 Å². The van der Waals surface area contributed by atoms with E-state index in [0.717, 1.165) is 33.4 Å². The van der Waals surface area contributed by atoms with Gasteiger partial charge >= 0.3 is 0 Å². The largest absolute Gasteiger partial charge is 0.208 e. The van der Waals surface area contributed by atoms with E-state index in [1.54, 1.807) is 11.3 Å². The number of nitrogens with zero attached hydrogens (tertiary/aromatic N) is 3. The van der Waals surface area contributed by atoms with Crippen molar-refractivity contribution in [1.82, 2.24) is 15.0 Å². The molecule has 2 heterocycles. The molecule has 12 rings (SSSR count). The van der Waals surface area contributed by atoms with Crippen LogP contribution in [0.25, 0.3) is 87.7 Å². The Balaban J connectivity index is 1.07. The van der Waals surface area contributed by atoms with Crippen molar-refractivity contribution in [2.24, 2.45) is 0 Å². The first-order chi connectivity index (χ1) is 30.7. The molecule has 3 nitrogen and oxygen atoms in total. The highest BCUT2D eigenvalue weighted by atomic mass is 32.1. The molecule has 2 aromatic heterocycles. The third-order valence-electron chi connectivity index (χ3n) is 12.5. The van der Waals surface area contributed by atoms with Crippen molar-refractivity contribution in [3.8, 4) is 67.5 Å². The lowest BCUT2D eigenvalue weighted by molar-refractivity contribution is 0.768. The van der Waals surface area contributed by atoms with E-state index in [0.29, 0.717) is 17.5 Å². The van der Waals surface area contributed by atoms with E-state index < -0.39 is 5.41 Å². The first-order valence-corrected chi connectivity index (χ1v) is 21.8. The molecule has 0 amide bonds. The Bertz CT molecular complexity index is 3410. The number of hydrogen-bond donors (Lipinski definition) is 0. The predicted molar refractivity (Wildman–Crippen MR) is 257 cm³/mol. The van der Waals surface area contributed by atoms with Gasteiger partial charge in [-0.2, -0.15) is 0 Å². The fourth-order valence-corrected chi connectivity index (χ4v) is 10.9. The standard InChI is InChI=1S/C58H37N3S/c1-4-17-38(18-5-1)41-19-14-20-42(37-41)39-33-35-40(36-34-39)55-59-56(61-57(60-55)49-29-15-27-46-45-25-11-13-32-52(45)62-54(46)49)48-28-16-31-51-53(48)47-26-10-12-30-50(47)58(51,43-21-6-2-7-22-43)44-23-8-3-9-24-44/h1-37H. The predicted octanol–water partition coefficient (Wildman–Crippen LogP) is 14.9. The summed E-state index contributed by atoms with van der Waals surface area (Å²) < 4.78 is 2.41. The second-order valence-corrected chi connectivity index (χ2v) is 16.9. The minimum atomic E-state index is -0.542.